The van der Waals surface area contributed by atoms with Gasteiger partial charge >= 0.3 is 6.09 Å². The van der Waals surface area contributed by atoms with E-state index in [0.29, 0.717) is 35.6 Å². The van der Waals surface area contributed by atoms with Gasteiger partial charge in [0.25, 0.3) is 0 Å². The predicted molar refractivity (Wildman–Crippen MR) is 157 cm³/mol. The first-order chi connectivity index (χ1) is 19.0. The SMILES string of the molecule is Cc1cc(-c2nn3c(c2N=C(c2ccccc2)c2ccccc2)C(C)N(C(=O)OC(C)(C)C)CC3)cc(C)c1F. The predicted octanol–water partition coefficient (Wildman–Crippen LogP) is 7.79. The Labute approximate surface area is 235 Å². The van der Waals surface area contributed by atoms with Crippen molar-refractivity contribution in [3.63, 3.8) is 0 Å². The number of amides is 1. The van der Waals surface area contributed by atoms with Gasteiger partial charge in [0, 0.05) is 23.2 Å². The summed E-state index contributed by atoms with van der Waals surface area (Å²) in [5.74, 6) is -0.225. The minimum atomic E-state index is -0.614. The summed E-state index contributed by atoms with van der Waals surface area (Å²) in [7, 11) is 0. The lowest BCUT2D eigenvalue weighted by atomic mass is 9.99. The van der Waals surface area contributed by atoms with Crippen molar-refractivity contribution in [1.29, 1.82) is 0 Å². The molecule has 40 heavy (non-hydrogen) atoms. The second-order valence-corrected chi connectivity index (χ2v) is 11.3. The van der Waals surface area contributed by atoms with Gasteiger partial charge in [0.1, 0.15) is 22.8 Å². The van der Waals surface area contributed by atoms with Crippen LogP contribution in [0.5, 0.6) is 0 Å². The molecule has 0 spiro atoms. The van der Waals surface area contributed by atoms with Crippen LogP contribution in [-0.2, 0) is 11.3 Å². The molecular weight excluding hydrogens is 503 g/mol. The fraction of sp³-hybridized carbons (Fsp3) is 0.303. The molecule has 0 saturated carbocycles. The molecule has 0 N–H and O–H groups in total. The van der Waals surface area contributed by atoms with E-state index in [2.05, 4.69) is 0 Å². The maximum atomic E-state index is 14.6. The topological polar surface area (TPSA) is 59.7 Å². The lowest BCUT2D eigenvalue weighted by Gasteiger charge is -2.35. The summed E-state index contributed by atoms with van der Waals surface area (Å²) in [5.41, 5.74) is 6.10. The Kier molecular flexibility index (Phi) is 7.32. The van der Waals surface area contributed by atoms with Crippen LogP contribution in [0.2, 0.25) is 0 Å². The quantitative estimate of drug-likeness (QED) is 0.249. The maximum absolute atomic E-state index is 14.6. The number of aliphatic imine (C=N–C) groups is 1. The highest BCUT2D eigenvalue weighted by atomic mass is 19.1. The first-order valence-corrected chi connectivity index (χ1v) is 13.6. The Hall–Kier alpha value is -4.26. The van der Waals surface area contributed by atoms with Crippen LogP contribution in [0.4, 0.5) is 14.9 Å². The van der Waals surface area contributed by atoms with E-state index in [0.717, 1.165) is 28.1 Å². The standard InChI is InChI=1S/C33H35FN4O2/c1-21-19-26(20-22(2)27(21)34)29-30(35-28(24-13-9-7-10-14-24)25-15-11-8-12-16-25)31-23(3)37(17-18-38(31)36-29)32(39)40-33(4,5)6/h7-16,19-20,23H,17-18H2,1-6H3. The zero-order chi connectivity index (χ0) is 28.6. The molecule has 0 radical (unpaired) electrons. The van der Waals surface area contributed by atoms with Crippen LogP contribution in [0.3, 0.4) is 0 Å². The van der Waals surface area contributed by atoms with E-state index >= 15 is 0 Å². The number of nitrogens with zero attached hydrogens (tertiary/aromatic N) is 4. The van der Waals surface area contributed by atoms with Crippen molar-refractivity contribution in [1.82, 2.24) is 14.7 Å². The van der Waals surface area contributed by atoms with Gasteiger partial charge in [-0.1, -0.05) is 60.7 Å². The Balaban J connectivity index is 1.75. The molecule has 4 aromatic rings. The third-order valence-electron chi connectivity index (χ3n) is 7.04. The summed E-state index contributed by atoms with van der Waals surface area (Å²) in [4.78, 5) is 20.3. The third-order valence-corrected chi connectivity index (χ3v) is 7.04. The van der Waals surface area contributed by atoms with Gasteiger partial charge < -0.3 is 4.74 Å². The van der Waals surface area contributed by atoms with Crippen molar-refractivity contribution >= 4 is 17.5 Å². The van der Waals surface area contributed by atoms with Crippen LogP contribution < -0.4 is 0 Å². The van der Waals surface area contributed by atoms with Crippen molar-refractivity contribution in [2.24, 2.45) is 4.99 Å². The lowest BCUT2D eigenvalue weighted by Crippen LogP contribution is -2.43. The van der Waals surface area contributed by atoms with E-state index in [1.54, 1.807) is 18.7 Å². The summed E-state index contributed by atoms with van der Waals surface area (Å²) in [5, 5.41) is 5.00. The van der Waals surface area contributed by atoms with Gasteiger partial charge in [0.2, 0.25) is 0 Å². The normalized spacial score (nSPS) is 15.0. The van der Waals surface area contributed by atoms with Gasteiger partial charge in [-0.25, -0.2) is 14.2 Å². The molecule has 1 atom stereocenters. The highest BCUT2D eigenvalue weighted by Crippen LogP contribution is 2.42. The molecule has 2 heterocycles. The monoisotopic (exact) mass is 538 g/mol. The molecule has 0 fully saturated rings. The Morgan fingerprint density at radius 3 is 2.02 bits per heavy atom. The summed E-state index contributed by atoms with van der Waals surface area (Å²) >= 11 is 0. The minimum Gasteiger partial charge on any atom is -0.444 e. The number of aromatic nitrogens is 2. The van der Waals surface area contributed by atoms with Crippen LogP contribution >= 0.6 is 0 Å². The van der Waals surface area contributed by atoms with Crippen molar-refractivity contribution in [2.75, 3.05) is 6.54 Å². The van der Waals surface area contributed by atoms with Crippen LogP contribution in [-0.4, -0.2) is 38.6 Å². The van der Waals surface area contributed by atoms with E-state index in [9.17, 15) is 9.18 Å². The molecule has 1 aromatic heterocycles. The van der Waals surface area contributed by atoms with Crippen LogP contribution in [0.15, 0.2) is 77.8 Å². The molecule has 1 amide bonds. The second-order valence-electron chi connectivity index (χ2n) is 11.3. The highest BCUT2D eigenvalue weighted by molar-refractivity contribution is 6.14. The van der Waals surface area contributed by atoms with Crippen molar-refractivity contribution in [3.05, 3.63) is 107 Å². The van der Waals surface area contributed by atoms with E-state index in [1.807, 2.05) is 105 Å². The molecule has 0 saturated heterocycles. The number of hydrogen-bond acceptors (Lipinski definition) is 4. The van der Waals surface area contributed by atoms with Crippen molar-refractivity contribution < 1.29 is 13.9 Å². The number of rotatable bonds is 4. The Morgan fingerprint density at radius 1 is 0.950 bits per heavy atom. The van der Waals surface area contributed by atoms with Gasteiger partial charge in [-0.05, 0) is 64.8 Å². The van der Waals surface area contributed by atoms with Gasteiger partial charge in [-0.3, -0.25) is 9.58 Å². The molecule has 3 aromatic carbocycles. The number of carbonyl (C=O) groups excluding carboxylic acids is 1. The molecular formula is C33H35FN4O2. The van der Waals surface area contributed by atoms with E-state index in [-0.39, 0.29) is 18.0 Å². The molecule has 0 aliphatic carbocycles. The number of ether oxygens (including phenoxy) is 1. The number of aryl methyl sites for hydroxylation is 2. The number of fused-ring (bicyclic) bond motifs is 1. The van der Waals surface area contributed by atoms with Gasteiger partial charge in [-0.2, -0.15) is 5.10 Å². The van der Waals surface area contributed by atoms with E-state index < -0.39 is 5.60 Å². The fourth-order valence-corrected chi connectivity index (χ4v) is 5.15. The van der Waals surface area contributed by atoms with E-state index in [4.69, 9.17) is 14.8 Å². The Morgan fingerprint density at radius 2 is 1.50 bits per heavy atom. The number of carbonyl (C=O) groups is 1. The molecule has 1 aliphatic rings. The van der Waals surface area contributed by atoms with Crippen LogP contribution in [0, 0.1) is 19.7 Å². The first-order valence-electron chi connectivity index (χ1n) is 13.6. The number of hydrogen-bond donors (Lipinski definition) is 0. The lowest BCUT2D eigenvalue weighted by molar-refractivity contribution is 0.0121. The molecule has 1 aliphatic heterocycles. The molecule has 0 bridgehead atoms. The fourth-order valence-electron chi connectivity index (χ4n) is 5.15. The first kappa shape index (κ1) is 27.3. The smallest absolute Gasteiger partial charge is 0.410 e. The average molecular weight is 539 g/mol. The third kappa shape index (κ3) is 5.41. The van der Waals surface area contributed by atoms with E-state index in [1.165, 1.54) is 0 Å². The average Bonchev–Trinajstić information content (AvgIpc) is 3.29. The number of benzene rings is 3. The molecule has 206 valence electrons. The zero-order valence-corrected chi connectivity index (χ0v) is 23.9. The number of halogens is 1. The maximum Gasteiger partial charge on any atom is 0.410 e. The molecule has 1 unspecified atom stereocenters. The van der Waals surface area contributed by atoms with Crippen LogP contribution in [0.25, 0.3) is 11.3 Å². The van der Waals surface area contributed by atoms with Crippen molar-refractivity contribution in [3.8, 4) is 11.3 Å². The van der Waals surface area contributed by atoms with Gasteiger partial charge in [-0.15, -0.1) is 0 Å². The highest BCUT2D eigenvalue weighted by Gasteiger charge is 2.36. The summed E-state index contributed by atoms with van der Waals surface area (Å²) < 4.78 is 22.3. The molecule has 7 heteroatoms. The Bertz CT molecular complexity index is 1500. The van der Waals surface area contributed by atoms with Gasteiger partial charge in [0.15, 0.2) is 0 Å². The van der Waals surface area contributed by atoms with Crippen molar-refractivity contribution in [2.45, 2.75) is 59.7 Å². The summed E-state index contributed by atoms with van der Waals surface area (Å²) in [6.45, 7) is 12.0. The summed E-state index contributed by atoms with van der Waals surface area (Å²) in [6, 6.07) is 23.3. The summed E-state index contributed by atoms with van der Waals surface area (Å²) in [6.07, 6.45) is -0.372. The second kappa shape index (κ2) is 10.7. The zero-order valence-electron chi connectivity index (χ0n) is 23.9. The largest absolute Gasteiger partial charge is 0.444 e. The van der Waals surface area contributed by atoms with Gasteiger partial charge in [0.05, 0.1) is 24.0 Å². The molecule has 5 rings (SSSR count). The van der Waals surface area contributed by atoms with Crippen LogP contribution in [0.1, 0.15) is 61.7 Å². The minimum absolute atomic E-state index is 0.225. The molecule has 6 nitrogen and oxygen atoms in total.